The van der Waals surface area contributed by atoms with Crippen molar-refractivity contribution in [2.45, 2.75) is 32.1 Å². The Bertz CT molecular complexity index is 539. The smallest absolute Gasteiger partial charge is 0.280 e. The van der Waals surface area contributed by atoms with Crippen molar-refractivity contribution in [3.63, 3.8) is 0 Å². The number of hydrogen-bond acceptors (Lipinski definition) is 3. The van der Waals surface area contributed by atoms with Gasteiger partial charge in [0.1, 0.15) is 0 Å². The Hall–Kier alpha value is -1.42. The van der Waals surface area contributed by atoms with Crippen molar-refractivity contribution in [1.29, 1.82) is 0 Å². The Morgan fingerprint density at radius 3 is 2.84 bits per heavy atom. The van der Waals surface area contributed by atoms with E-state index in [9.17, 15) is 4.79 Å². The van der Waals surface area contributed by atoms with Crippen LogP contribution in [-0.2, 0) is 0 Å². The topological polar surface area (TPSA) is 42.0 Å². The van der Waals surface area contributed by atoms with E-state index >= 15 is 0 Å². The lowest BCUT2D eigenvalue weighted by atomic mass is 9.89. The Morgan fingerprint density at radius 1 is 1.26 bits per heavy atom. The van der Waals surface area contributed by atoms with Crippen LogP contribution in [0.3, 0.4) is 0 Å². The zero-order chi connectivity index (χ0) is 13.1. The van der Waals surface area contributed by atoms with E-state index in [-0.39, 0.29) is 5.91 Å². The van der Waals surface area contributed by atoms with E-state index in [1.807, 2.05) is 24.3 Å². The largest absolute Gasteiger partial charge is 0.350 e. The molecule has 19 heavy (non-hydrogen) atoms. The summed E-state index contributed by atoms with van der Waals surface area (Å²) in [6.45, 7) is 0.800. The van der Waals surface area contributed by atoms with Gasteiger partial charge in [0.25, 0.3) is 5.91 Å². The van der Waals surface area contributed by atoms with Crippen LogP contribution in [0.1, 0.15) is 41.9 Å². The summed E-state index contributed by atoms with van der Waals surface area (Å²) in [4.78, 5) is 16.5. The van der Waals surface area contributed by atoms with Crippen LogP contribution in [0.15, 0.2) is 24.3 Å². The molecular formula is C15H18N2OS. The lowest BCUT2D eigenvalue weighted by molar-refractivity contribution is 0.0943. The molecule has 0 bridgehead atoms. The van der Waals surface area contributed by atoms with Gasteiger partial charge in [-0.2, -0.15) is 0 Å². The van der Waals surface area contributed by atoms with E-state index in [4.69, 9.17) is 0 Å². The van der Waals surface area contributed by atoms with Gasteiger partial charge < -0.3 is 5.32 Å². The number of nitrogens with one attached hydrogen (secondary N) is 1. The third kappa shape index (κ3) is 2.95. The molecule has 0 aliphatic heterocycles. The predicted octanol–water partition coefficient (Wildman–Crippen LogP) is 3.61. The molecule has 0 radical (unpaired) electrons. The van der Waals surface area contributed by atoms with Crippen LogP contribution in [0.4, 0.5) is 0 Å². The van der Waals surface area contributed by atoms with Crippen LogP contribution in [0.25, 0.3) is 10.2 Å². The molecule has 4 heteroatoms. The molecule has 3 rings (SSSR count). The average Bonchev–Trinajstić information content (AvgIpc) is 2.90. The molecule has 1 aliphatic rings. The highest BCUT2D eigenvalue weighted by Gasteiger charge is 2.16. The first kappa shape index (κ1) is 12.6. The molecular weight excluding hydrogens is 256 g/mol. The Labute approximate surface area is 117 Å². The molecule has 0 saturated heterocycles. The highest BCUT2D eigenvalue weighted by Crippen LogP contribution is 2.24. The lowest BCUT2D eigenvalue weighted by Gasteiger charge is -2.21. The van der Waals surface area contributed by atoms with E-state index in [1.54, 1.807) is 0 Å². The molecule has 1 heterocycles. The molecule has 1 fully saturated rings. The van der Waals surface area contributed by atoms with Crippen molar-refractivity contribution in [2.75, 3.05) is 6.54 Å². The molecule has 1 aliphatic carbocycles. The molecule has 0 unspecified atom stereocenters. The van der Waals surface area contributed by atoms with E-state index in [0.29, 0.717) is 10.9 Å². The molecule has 2 aromatic rings. The van der Waals surface area contributed by atoms with E-state index in [0.717, 1.165) is 16.8 Å². The van der Waals surface area contributed by atoms with Crippen LogP contribution >= 0.6 is 11.3 Å². The first-order valence-electron chi connectivity index (χ1n) is 6.97. The minimum atomic E-state index is -0.0215. The monoisotopic (exact) mass is 274 g/mol. The average molecular weight is 274 g/mol. The van der Waals surface area contributed by atoms with Crippen LogP contribution in [-0.4, -0.2) is 17.4 Å². The summed E-state index contributed by atoms with van der Waals surface area (Å²) in [6, 6.07) is 7.88. The number of hydrogen-bond donors (Lipinski definition) is 1. The van der Waals surface area contributed by atoms with Gasteiger partial charge in [0.05, 0.1) is 10.2 Å². The van der Waals surface area contributed by atoms with Crippen molar-refractivity contribution >= 4 is 27.5 Å². The quantitative estimate of drug-likeness (QED) is 0.929. The van der Waals surface area contributed by atoms with E-state index in [2.05, 4.69) is 10.3 Å². The minimum Gasteiger partial charge on any atom is -0.350 e. The molecule has 100 valence electrons. The van der Waals surface area contributed by atoms with E-state index < -0.39 is 0 Å². The fraction of sp³-hybridized carbons (Fsp3) is 0.467. The van der Waals surface area contributed by atoms with Gasteiger partial charge in [-0.25, -0.2) is 4.98 Å². The van der Waals surface area contributed by atoms with Crippen LogP contribution < -0.4 is 5.32 Å². The van der Waals surface area contributed by atoms with Crippen molar-refractivity contribution in [2.24, 2.45) is 5.92 Å². The first-order chi connectivity index (χ1) is 9.33. The molecule has 0 spiro atoms. The summed E-state index contributed by atoms with van der Waals surface area (Å²) in [5.74, 6) is 0.638. The summed E-state index contributed by atoms with van der Waals surface area (Å²) in [5.41, 5.74) is 0.912. The normalized spacial score (nSPS) is 16.6. The van der Waals surface area contributed by atoms with Gasteiger partial charge in [0, 0.05) is 6.54 Å². The van der Waals surface area contributed by atoms with Crippen LogP contribution in [0.2, 0.25) is 0 Å². The number of amides is 1. The molecule has 1 aromatic heterocycles. The van der Waals surface area contributed by atoms with Gasteiger partial charge in [-0.15, -0.1) is 11.3 Å². The Balaban J connectivity index is 1.63. The van der Waals surface area contributed by atoms with Gasteiger partial charge in [-0.05, 0) is 30.9 Å². The van der Waals surface area contributed by atoms with Crippen LogP contribution in [0, 0.1) is 5.92 Å². The molecule has 0 atom stereocenters. The van der Waals surface area contributed by atoms with Gasteiger partial charge in [-0.1, -0.05) is 31.4 Å². The molecule has 1 N–H and O–H groups in total. The molecule has 1 saturated carbocycles. The number of para-hydroxylation sites is 1. The summed E-state index contributed by atoms with van der Waals surface area (Å²) in [5, 5.41) is 3.62. The van der Waals surface area contributed by atoms with Gasteiger partial charge >= 0.3 is 0 Å². The zero-order valence-corrected chi connectivity index (χ0v) is 11.7. The molecule has 3 nitrogen and oxygen atoms in total. The number of carbonyl (C=O) groups is 1. The van der Waals surface area contributed by atoms with Crippen LogP contribution in [0.5, 0.6) is 0 Å². The van der Waals surface area contributed by atoms with Gasteiger partial charge in [0.15, 0.2) is 5.01 Å². The first-order valence-corrected chi connectivity index (χ1v) is 7.78. The Morgan fingerprint density at radius 2 is 2.05 bits per heavy atom. The highest BCUT2D eigenvalue weighted by molar-refractivity contribution is 7.20. The second-order valence-corrected chi connectivity index (χ2v) is 6.23. The number of carbonyl (C=O) groups excluding carboxylic acids is 1. The second kappa shape index (κ2) is 5.70. The predicted molar refractivity (Wildman–Crippen MR) is 78.5 cm³/mol. The summed E-state index contributed by atoms with van der Waals surface area (Å²) in [6.07, 6.45) is 6.46. The number of rotatable bonds is 3. The zero-order valence-electron chi connectivity index (χ0n) is 10.9. The third-order valence-corrected chi connectivity index (χ3v) is 4.80. The van der Waals surface area contributed by atoms with Crippen molar-refractivity contribution < 1.29 is 4.79 Å². The number of thiazole rings is 1. The van der Waals surface area contributed by atoms with Crippen molar-refractivity contribution in [3.05, 3.63) is 29.3 Å². The fourth-order valence-corrected chi connectivity index (χ4v) is 3.56. The maximum Gasteiger partial charge on any atom is 0.280 e. The number of benzene rings is 1. The maximum atomic E-state index is 12.1. The maximum absolute atomic E-state index is 12.1. The minimum absolute atomic E-state index is 0.0215. The Kier molecular flexibility index (Phi) is 3.78. The van der Waals surface area contributed by atoms with Crippen molar-refractivity contribution in [3.8, 4) is 0 Å². The number of fused-ring (bicyclic) bond motifs is 1. The standard InChI is InChI=1S/C15H18N2OS/c18-14(16-10-11-6-2-1-3-7-11)15-17-12-8-4-5-9-13(12)19-15/h4-5,8-9,11H,1-3,6-7,10H2,(H,16,18). The summed E-state index contributed by atoms with van der Waals surface area (Å²) >= 11 is 1.47. The fourth-order valence-electron chi connectivity index (χ4n) is 2.67. The summed E-state index contributed by atoms with van der Waals surface area (Å²) in [7, 11) is 0. The number of nitrogens with zero attached hydrogens (tertiary/aromatic N) is 1. The number of aromatic nitrogens is 1. The molecule has 1 aromatic carbocycles. The molecule has 1 amide bonds. The van der Waals surface area contributed by atoms with E-state index in [1.165, 1.54) is 43.4 Å². The SMILES string of the molecule is O=C(NCC1CCCCC1)c1nc2ccccc2s1. The summed E-state index contributed by atoms with van der Waals surface area (Å²) < 4.78 is 1.07. The van der Waals surface area contributed by atoms with Crippen molar-refractivity contribution in [1.82, 2.24) is 10.3 Å². The highest BCUT2D eigenvalue weighted by atomic mass is 32.1. The second-order valence-electron chi connectivity index (χ2n) is 5.20. The van der Waals surface area contributed by atoms with Gasteiger partial charge in [-0.3, -0.25) is 4.79 Å². The van der Waals surface area contributed by atoms with Gasteiger partial charge in [0.2, 0.25) is 0 Å². The third-order valence-electron chi connectivity index (χ3n) is 3.76. The lowest BCUT2D eigenvalue weighted by Crippen LogP contribution is -2.30.